The second kappa shape index (κ2) is 8.54. The molecule has 5 heteroatoms. The minimum Gasteiger partial charge on any atom is -0.357 e. The predicted octanol–water partition coefficient (Wildman–Crippen LogP) is 3.75. The molecule has 1 aromatic carbocycles. The highest BCUT2D eigenvalue weighted by molar-refractivity contribution is 7.10. The highest BCUT2D eigenvalue weighted by Gasteiger charge is 2.07. The van der Waals surface area contributed by atoms with Crippen molar-refractivity contribution < 1.29 is 4.39 Å². The Kier molecular flexibility index (Phi) is 6.40. The first-order chi connectivity index (χ1) is 10.7. The zero-order valence-electron chi connectivity index (χ0n) is 13.0. The molecule has 0 spiro atoms. The van der Waals surface area contributed by atoms with Gasteiger partial charge in [-0.15, -0.1) is 11.3 Å². The van der Waals surface area contributed by atoms with E-state index >= 15 is 0 Å². The molecule has 0 aliphatic heterocycles. The molecular weight excluding hydrogens is 297 g/mol. The van der Waals surface area contributed by atoms with Crippen LogP contribution < -0.4 is 10.6 Å². The minimum atomic E-state index is -0.214. The number of rotatable bonds is 6. The van der Waals surface area contributed by atoms with Gasteiger partial charge < -0.3 is 10.6 Å². The van der Waals surface area contributed by atoms with E-state index in [0.29, 0.717) is 24.0 Å². The maximum Gasteiger partial charge on any atom is 0.191 e. The van der Waals surface area contributed by atoms with Crippen LogP contribution in [0.2, 0.25) is 0 Å². The summed E-state index contributed by atoms with van der Waals surface area (Å²) >= 11 is 1.76. The summed E-state index contributed by atoms with van der Waals surface area (Å²) in [5.74, 6) is 0.917. The van der Waals surface area contributed by atoms with Crippen LogP contribution in [0.4, 0.5) is 4.39 Å². The summed E-state index contributed by atoms with van der Waals surface area (Å²) in [7, 11) is 0. The summed E-state index contributed by atoms with van der Waals surface area (Å²) in [4.78, 5) is 5.80. The molecule has 1 aromatic heterocycles. The highest BCUT2D eigenvalue weighted by atomic mass is 32.1. The van der Waals surface area contributed by atoms with E-state index in [1.54, 1.807) is 23.5 Å². The number of guanidine groups is 1. The van der Waals surface area contributed by atoms with Crippen LogP contribution >= 0.6 is 11.3 Å². The topological polar surface area (TPSA) is 36.4 Å². The van der Waals surface area contributed by atoms with Gasteiger partial charge in [-0.2, -0.15) is 0 Å². The SMILES string of the molecule is CCNC(=NCc1ccccc1F)NCC(C)c1cccs1. The molecule has 3 nitrogen and oxygen atoms in total. The smallest absolute Gasteiger partial charge is 0.191 e. The Morgan fingerprint density at radius 3 is 2.73 bits per heavy atom. The molecular formula is C17H22FN3S. The van der Waals surface area contributed by atoms with E-state index in [0.717, 1.165) is 13.1 Å². The van der Waals surface area contributed by atoms with Gasteiger partial charge in [0.2, 0.25) is 0 Å². The lowest BCUT2D eigenvalue weighted by Crippen LogP contribution is -2.39. The van der Waals surface area contributed by atoms with Crippen molar-refractivity contribution in [2.75, 3.05) is 13.1 Å². The fraction of sp³-hybridized carbons (Fsp3) is 0.353. The van der Waals surface area contributed by atoms with Crippen LogP contribution in [-0.4, -0.2) is 19.0 Å². The Morgan fingerprint density at radius 2 is 2.05 bits per heavy atom. The van der Waals surface area contributed by atoms with E-state index in [-0.39, 0.29) is 5.82 Å². The maximum atomic E-state index is 13.6. The number of halogens is 1. The molecule has 0 saturated heterocycles. The van der Waals surface area contributed by atoms with Crippen LogP contribution in [0.1, 0.15) is 30.2 Å². The molecule has 1 unspecified atom stereocenters. The van der Waals surface area contributed by atoms with Crippen LogP contribution in [0.5, 0.6) is 0 Å². The van der Waals surface area contributed by atoms with Gasteiger partial charge in [-0.25, -0.2) is 9.38 Å². The Hall–Kier alpha value is -1.88. The van der Waals surface area contributed by atoms with Crippen molar-refractivity contribution >= 4 is 17.3 Å². The molecule has 0 saturated carbocycles. The summed E-state index contributed by atoms with van der Waals surface area (Å²) in [5.41, 5.74) is 0.603. The Labute approximate surface area is 135 Å². The van der Waals surface area contributed by atoms with Gasteiger partial charge in [0.15, 0.2) is 5.96 Å². The quantitative estimate of drug-likeness (QED) is 0.628. The van der Waals surface area contributed by atoms with Crippen molar-refractivity contribution in [1.82, 2.24) is 10.6 Å². The molecule has 0 aliphatic carbocycles. The molecule has 0 amide bonds. The molecule has 2 aromatic rings. The highest BCUT2D eigenvalue weighted by Crippen LogP contribution is 2.19. The lowest BCUT2D eigenvalue weighted by Gasteiger charge is -2.15. The second-order valence-corrected chi connectivity index (χ2v) is 6.06. The van der Waals surface area contributed by atoms with Gasteiger partial charge in [0, 0.05) is 29.4 Å². The summed E-state index contributed by atoms with van der Waals surface area (Å²) < 4.78 is 13.6. The summed E-state index contributed by atoms with van der Waals surface area (Å²) in [6.07, 6.45) is 0. The van der Waals surface area contributed by atoms with E-state index in [2.05, 4.69) is 40.1 Å². The number of hydrogen-bond acceptors (Lipinski definition) is 2. The summed E-state index contributed by atoms with van der Waals surface area (Å²) in [6, 6.07) is 10.9. The molecule has 1 atom stereocenters. The van der Waals surface area contributed by atoms with Gasteiger partial charge in [-0.3, -0.25) is 0 Å². The van der Waals surface area contributed by atoms with Crippen LogP contribution in [0.3, 0.4) is 0 Å². The molecule has 0 fully saturated rings. The largest absolute Gasteiger partial charge is 0.357 e. The second-order valence-electron chi connectivity index (χ2n) is 5.08. The van der Waals surface area contributed by atoms with E-state index in [1.165, 1.54) is 10.9 Å². The van der Waals surface area contributed by atoms with Gasteiger partial charge >= 0.3 is 0 Å². The number of benzene rings is 1. The fourth-order valence-electron chi connectivity index (χ4n) is 2.05. The van der Waals surface area contributed by atoms with Crippen molar-refractivity contribution in [3.63, 3.8) is 0 Å². The van der Waals surface area contributed by atoms with E-state index in [1.807, 2.05) is 13.0 Å². The maximum absolute atomic E-state index is 13.6. The lowest BCUT2D eigenvalue weighted by molar-refractivity contribution is 0.610. The van der Waals surface area contributed by atoms with Crippen molar-refractivity contribution in [3.05, 3.63) is 58.0 Å². The first-order valence-electron chi connectivity index (χ1n) is 7.49. The molecule has 22 heavy (non-hydrogen) atoms. The average molecular weight is 319 g/mol. The first kappa shape index (κ1) is 16.5. The average Bonchev–Trinajstić information content (AvgIpc) is 3.05. The minimum absolute atomic E-state index is 0.214. The molecule has 1 heterocycles. The van der Waals surface area contributed by atoms with Gasteiger partial charge in [0.25, 0.3) is 0 Å². The normalized spacial score (nSPS) is 13.0. The lowest BCUT2D eigenvalue weighted by atomic mass is 10.1. The van der Waals surface area contributed by atoms with E-state index < -0.39 is 0 Å². The van der Waals surface area contributed by atoms with Crippen molar-refractivity contribution in [1.29, 1.82) is 0 Å². The van der Waals surface area contributed by atoms with Crippen molar-refractivity contribution in [2.24, 2.45) is 4.99 Å². The van der Waals surface area contributed by atoms with Crippen LogP contribution in [0.25, 0.3) is 0 Å². The van der Waals surface area contributed by atoms with Gasteiger partial charge in [-0.1, -0.05) is 31.2 Å². The number of aliphatic imine (C=N–C) groups is 1. The van der Waals surface area contributed by atoms with Gasteiger partial charge in [0.1, 0.15) is 5.82 Å². The Balaban J connectivity index is 1.94. The third kappa shape index (κ3) is 4.84. The Bertz CT molecular complexity index is 596. The molecule has 0 aliphatic rings. The zero-order valence-corrected chi connectivity index (χ0v) is 13.8. The standard InChI is InChI=1S/C17H22FN3S/c1-3-19-17(20-11-13(2)16-9-6-10-22-16)21-12-14-7-4-5-8-15(14)18/h4-10,13H,3,11-12H2,1-2H3,(H2,19,20,21). The number of nitrogens with one attached hydrogen (secondary N) is 2. The summed E-state index contributed by atoms with van der Waals surface area (Å²) in [5, 5.41) is 8.60. The van der Waals surface area contributed by atoms with Crippen LogP contribution in [0, 0.1) is 5.82 Å². The molecule has 0 bridgehead atoms. The van der Waals surface area contributed by atoms with E-state index in [4.69, 9.17) is 0 Å². The van der Waals surface area contributed by atoms with E-state index in [9.17, 15) is 4.39 Å². The van der Waals surface area contributed by atoms with Crippen LogP contribution in [0.15, 0.2) is 46.8 Å². The monoisotopic (exact) mass is 319 g/mol. The molecule has 2 N–H and O–H groups in total. The first-order valence-corrected chi connectivity index (χ1v) is 8.37. The van der Waals surface area contributed by atoms with Crippen LogP contribution in [-0.2, 0) is 6.54 Å². The third-order valence-electron chi connectivity index (χ3n) is 3.31. The number of thiophene rings is 1. The molecule has 118 valence electrons. The molecule has 0 radical (unpaired) electrons. The number of hydrogen-bond donors (Lipinski definition) is 2. The Morgan fingerprint density at radius 1 is 1.23 bits per heavy atom. The van der Waals surface area contributed by atoms with Crippen molar-refractivity contribution in [3.8, 4) is 0 Å². The van der Waals surface area contributed by atoms with Gasteiger partial charge in [0.05, 0.1) is 6.54 Å². The zero-order chi connectivity index (χ0) is 15.8. The fourth-order valence-corrected chi connectivity index (χ4v) is 2.84. The van der Waals surface area contributed by atoms with Crippen molar-refractivity contribution in [2.45, 2.75) is 26.3 Å². The predicted molar refractivity (Wildman–Crippen MR) is 92.0 cm³/mol. The summed E-state index contributed by atoms with van der Waals surface area (Å²) in [6.45, 7) is 6.09. The number of nitrogens with zero attached hydrogens (tertiary/aromatic N) is 1. The third-order valence-corrected chi connectivity index (χ3v) is 4.42. The molecule has 2 rings (SSSR count). The van der Waals surface area contributed by atoms with Gasteiger partial charge in [-0.05, 0) is 24.4 Å².